The van der Waals surface area contributed by atoms with Crippen LogP contribution in [0.15, 0.2) is 12.1 Å². The smallest absolute Gasteiger partial charge is 0.175 e. The van der Waals surface area contributed by atoms with Crippen molar-refractivity contribution in [2.24, 2.45) is 0 Å². The summed E-state index contributed by atoms with van der Waals surface area (Å²) in [5, 5.41) is 0. The van der Waals surface area contributed by atoms with Crippen LogP contribution >= 0.6 is 11.8 Å². The molecule has 0 saturated heterocycles. The van der Waals surface area contributed by atoms with E-state index in [1.807, 2.05) is 19.9 Å². The van der Waals surface area contributed by atoms with Crippen molar-refractivity contribution in [2.75, 3.05) is 11.5 Å². The molecule has 0 N–H and O–H groups in total. The summed E-state index contributed by atoms with van der Waals surface area (Å²) in [5.41, 5.74) is 1.83. The SMILES string of the molecule is CCSCC(=O)c1c(C)cc(C)cc1F. The Balaban J connectivity index is 2.98. The van der Waals surface area contributed by atoms with Crippen molar-refractivity contribution in [3.05, 3.63) is 34.6 Å². The molecule has 15 heavy (non-hydrogen) atoms. The van der Waals surface area contributed by atoms with Crippen LogP contribution in [-0.2, 0) is 0 Å². The van der Waals surface area contributed by atoms with Crippen LogP contribution in [0.4, 0.5) is 4.39 Å². The van der Waals surface area contributed by atoms with Gasteiger partial charge in [-0.1, -0.05) is 13.0 Å². The third-order valence-electron chi connectivity index (χ3n) is 2.15. The van der Waals surface area contributed by atoms with Crippen molar-refractivity contribution in [3.63, 3.8) is 0 Å². The number of hydrogen-bond acceptors (Lipinski definition) is 2. The number of benzene rings is 1. The lowest BCUT2D eigenvalue weighted by molar-refractivity contribution is 0.101. The molecule has 0 aliphatic heterocycles. The number of ketones is 1. The Labute approximate surface area is 94.1 Å². The van der Waals surface area contributed by atoms with Crippen LogP contribution in [0.3, 0.4) is 0 Å². The van der Waals surface area contributed by atoms with Crippen molar-refractivity contribution in [2.45, 2.75) is 20.8 Å². The standard InChI is InChI=1S/C12H15FOS/c1-4-15-7-11(14)12-9(3)5-8(2)6-10(12)13/h5-6H,4,7H2,1-3H3. The van der Waals surface area contributed by atoms with Gasteiger partial charge in [-0.3, -0.25) is 4.79 Å². The number of halogens is 1. The molecule has 3 heteroatoms. The fourth-order valence-corrected chi connectivity index (χ4v) is 2.07. The lowest BCUT2D eigenvalue weighted by Gasteiger charge is -2.07. The zero-order valence-electron chi connectivity index (χ0n) is 9.26. The van der Waals surface area contributed by atoms with Gasteiger partial charge in [0.2, 0.25) is 0 Å². The molecule has 0 radical (unpaired) electrons. The van der Waals surface area contributed by atoms with E-state index in [1.54, 1.807) is 6.92 Å². The molecular weight excluding hydrogens is 211 g/mol. The summed E-state index contributed by atoms with van der Waals surface area (Å²) in [6, 6.07) is 3.25. The number of aryl methyl sites for hydroxylation is 2. The Hall–Kier alpha value is -0.830. The predicted octanol–water partition coefficient (Wildman–Crippen LogP) is 3.38. The van der Waals surface area contributed by atoms with Gasteiger partial charge in [0.25, 0.3) is 0 Å². The minimum absolute atomic E-state index is 0.114. The first-order valence-corrected chi connectivity index (χ1v) is 6.09. The lowest BCUT2D eigenvalue weighted by Crippen LogP contribution is -2.08. The van der Waals surface area contributed by atoms with Crippen molar-refractivity contribution in [1.29, 1.82) is 0 Å². The summed E-state index contributed by atoms with van der Waals surface area (Å²) < 4.78 is 13.6. The van der Waals surface area contributed by atoms with Gasteiger partial charge >= 0.3 is 0 Å². The maximum atomic E-state index is 13.6. The first kappa shape index (κ1) is 12.2. The van der Waals surface area contributed by atoms with Crippen LogP contribution in [0.1, 0.15) is 28.4 Å². The number of hydrogen-bond donors (Lipinski definition) is 0. The molecule has 0 atom stereocenters. The van der Waals surface area contributed by atoms with E-state index in [0.29, 0.717) is 5.75 Å². The van der Waals surface area contributed by atoms with Gasteiger partial charge in [-0.2, -0.15) is 11.8 Å². The Bertz CT molecular complexity index is 351. The van der Waals surface area contributed by atoms with E-state index in [9.17, 15) is 9.18 Å². The van der Waals surface area contributed by atoms with E-state index in [0.717, 1.165) is 16.9 Å². The summed E-state index contributed by atoms with van der Waals surface area (Å²) in [6.45, 7) is 5.58. The Kier molecular flexibility index (Phi) is 4.33. The van der Waals surface area contributed by atoms with E-state index in [4.69, 9.17) is 0 Å². The van der Waals surface area contributed by atoms with E-state index in [2.05, 4.69) is 0 Å². The highest BCUT2D eigenvalue weighted by Crippen LogP contribution is 2.18. The molecule has 0 aromatic heterocycles. The molecule has 0 spiro atoms. The molecule has 0 aliphatic rings. The molecule has 0 saturated carbocycles. The zero-order chi connectivity index (χ0) is 11.4. The number of thioether (sulfide) groups is 1. The molecule has 0 amide bonds. The van der Waals surface area contributed by atoms with Crippen molar-refractivity contribution < 1.29 is 9.18 Å². The summed E-state index contributed by atoms with van der Waals surface area (Å²) in [5.74, 6) is 0.723. The van der Waals surface area contributed by atoms with Gasteiger partial charge in [0.05, 0.1) is 11.3 Å². The topological polar surface area (TPSA) is 17.1 Å². The van der Waals surface area contributed by atoms with Crippen LogP contribution in [0.25, 0.3) is 0 Å². The first-order chi connectivity index (χ1) is 7.06. The largest absolute Gasteiger partial charge is 0.293 e. The maximum absolute atomic E-state index is 13.6. The molecule has 0 bridgehead atoms. The summed E-state index contributed by atoms with van der Waals surface area (Å²) >= 11 is 1.52. The highest BCUT2D eigenvalue weighted by atomic mass is 32.2. The molecule has 82 valence electrons. The van der Waals surface area contributed by atoms with E-state index < -0.39 is 5.82 Å². The number of rotatable bonds is 4. The highest BCUT2D eigenvalue weighted by molar-refractivity contribution is 7.99. The average molecular weight is 226 g/mol. The summed E-state index contributed by atoms with van der Waals surface area (Å²) in [7, 11) is 0. The monoisotopic (exact) mass is 226 g/mol. The molecule has 1 nitrogen and oxygen atoms in total. The van der Waals surface area contributed by atoms with Gasteiger partial charge in [-0.25, -0.2) is 4.39 Å². The molecule has 0 heterocycles. The Morgan fingerprint density at radius 3 is 2.60 bits per heavy atom. The molecule has 1 aromatic carbocycles. The number of Topliss-reactive ketones (excluding diaryl/α,β-unsaturated/α-hetero) is 1. The van der Waals surface area contributed by atoms with Gasteiger partial charge in [0.1, 0.15) is 5.82 Å². The fraction of sp³-hybridized carbons (Fsp3) is 0.417. The third-order valence-corrected chi connectivity index (χ3v) is 3.02. The van der Waals surface area contributed by atoms with Gasteiger partial charge < -0.3 is 0 Å². The van der Waals surface area contributed by atoms with E-state index in [1.165, 1.54) is 17.8 Å². The quantitative estimate of drug-likeness (QED) is 0.732. The summed E-state index contributed by atoms with van der Waals surface area (Å²) in [6.07, 6.45) is 0. The predicted molar refractivity (Wildman–Crippen MR) is 63.2 cm³/mol. The minimum Gasteiger partial charge on any atom is -0.293 e. The van der Waals surface area contributed by atoms with Crippen LogP contribution in [-0.4, -0.2) is 17.3 Å². The first-order valence-electron chi connectivity index (χ1n) is 4.94. The van der Waals surface area contributed by atoms with Crippen LogP contribution in [0, 0.1) is 19.7 Å². The number of carbonyl (C=O) groups excluding carboxylic acids is 1. The zero-order valence-corrected chi connectivity index (χ0v) is 10.1. The van der Waals surface area contributed by atoms with Gasteiger partial charge in [-0.15, -0.1) is 0 Å². The van der Waals surface area contributed by atoms with E-state index in [-0.39, 0.29) is 11.3 Å². The second-order valence-electron chi connectivity index (χ2n) is 3.50. The second-order valence-corrected chi connectivity index (χ2v) is 4.77. The lowest BCUT2D eigenvalue weighted by atomic mass is 10.0. The van der Waals surface area contributed by atoms with Gasteiger partial charge in [0, 0.05) is 0 Å². The van der Waals surface area contributed by atoms with Crippen molar-refractivity contribution in [1.82, 2.24) is 0 Å². The summed E-state index contributed by atoms with van der Waals surface area (Å²) in [4.78, 5) is 11.7. The third kappa shape index (κ3) is 3.06. The molecule has 0 fully saturated rings. The van der Waals surface area contributed by atoms with Crippen LogP contribution in [0.2, 0.25) is 0 Å². The van der Waals surface area contributed by atoms with Crippen LogP contribution in [0.5, 0.6) is 0 Å². The molecule has 1 aromatic rings. The number of carbonyl (C=O) groups is 1. The maximum Gasteiger partial charge on any atom is 0.175 e. The van der Waals surface area contributed by atoms with Gasteiger partial charge in [0.15, 0.2) is 5.78 Å². The fourth-order valence-electron chi connectivity index (χ4n) is 1.54. The molecule has 1 rings (SSSR count). The molecular formula is C12H15FOS. The second kappa shape index (κ2) is 5.31. The molecule has 0 aliphatic carbocycles. The van der Waals surface area contributed by atoms with Crippen molar-refractivity contribution in [3.8, 4) is 0 Å². The Morgan fingerprint density at radius 1 is 1.40 bits per heavy atom. The van der Waals surface area contributed by atoms with Crippen molar-refractivity contribution >= 4 is 17.5 Å². The van der Waals surface area contributed by atoms with E-state index >= 15 is 0 Å². The van der Waals surface area contributed by atoms with Gasteiger partial charge in [-0.05, 0) is 36.8 Å². The normalized spacial score (nSPS) is 10.4. The Morgan fingerprint density at radius 2 is 2.07 bits per heavy atom. The molecule has 0 unspecified atom stereocenters. The van der Waals surface area contributed by atoms with Crippen LogP contribution < -0.4 is 0 Å². The minimum atomic E-state index is -0.394. The highest BCUT2D eigenvalue weighted by Gasteiger charge is 2.14. The average Bonchev–Trinajstić information content (AvgIpc) is 2.12.